The molecule has 0 aliphatic heterocycles. The van der Waals surface area contributed by atoms with Crippen LogP contribution in [0.4, 0.5) is 5.69 Å². The van der Waals surface area contributed by atoms with E-state index in [0.717, 1.165) is 11.0 Å². The molecule has 0 radical (unpaired) electrons. The zero-order valence-corrected chi connectivity index (χ0v) is 11.6. The summed E-state index contributed by atoms with van der Waals surface area (Å²) in [5, 5.41) is 2.34. The van der Waals surface area contributed by atoms with E-state index >= 15 is 0 Å². The monoisotopic (exact) mass is 281 g/mol. The third kappa shape index (κ3) is 2.32. The van der Waals surface area contributed by atoms with Crippen molar-refractivity contribution >= 4 is 34.1 Å². The summed E-state index contributed by atoms with van der Waals surface area (Å²) < 4.78 is 7.72. The number of aliphatic imine (C=N–C) groups is 1. The molecule has 0 amide bonds. The number of hydrogen-bond acceptors (Lipinski definition) is 4. The minimum absolute atomic E-state index is 0.537. The van der Waals surface area contributed by atoms with Gasteiger partial charge in [-0.15, -0.1) is 0 Å². The zero-order chi connectivity index (χ0) is 13.9. The molecule has 0 fully saturated rings. The van der Waals surface area contributed by atoms with Gasteiger partial charge in [-0.1, -0.05) is 18.2 Å². The number of fused-ring (bicyclic) bond motifs is 1. The van der Waals surface area contributed by atoms with Crippen molar-refractivity contribution in [2.75, 3.05) is 0 Å². The smallest absolute Gasteiger partial charge is 0.302 e. The molecule has 0 saturated carbocycles. The molecule has 5 heteroatoms. The van der Waals surface area contributed by atoms with Crippen molar-refractivity contribution in [2.45, 2.75) is 0 Å². The Kier molecular flexibility index (Phi) is 3.29. The SMILES string of the molecule is Cn1c(Oc2cccc(N=C=S)c2)nc2ccccc21. The molecule has 0 aliphatic carbocycles. The van der Waals surface area contributed by atoms with E-state index in [1.165, 1.54) is 0 Å². The summed E-state index contributed by atoms with van der Waals surface area (Å²) in [6, 6.07) is 15.7. The van der Waals surface area contributed by atoms with Gasteiger partial charge in [-0.3, -0.25) is 4.57 Å². The molecule has 0 unspecified atom stereocenters. The Hall–Kier alpha value is -2.49. The average Bonchev–Trinajstić information content (AvgIpc) is 2.77. The number of ether oxygens (including phenoxy) is 1. The van der Waals surface area contributed by atoms with E-state index in [1.54, 1.807) is 6.07 Å². The number of thiocarbonyl (C=S) groups is 1. The second-order valence-electron chi connectivity index (χ2n) is 4.24. The van der Waals surface area contributed by atoms with Crippen LogP contribution in [0.25, 0.3) is 11.0 Å². The van der Waals surface area contributed by atoms with Gasteiger partial charge in [-0.2, -0.15) is 9.98 Å². The standard InChI is InChI=1S/C15H11N3OS/c1-18-14-8-3-2-7-13(14)17-15(18)19-12-6-4-5-11(9-12)16-10-20/h2-9H,1H3. The molecular weight excluding hydrogens is 270 g/mol. The molecule has 2 aromatic carbocycles. The number of aryl methyl sites for hydroxylation is 1. The Morgan fingerprint density at radius 1 is 1.20 bits per heavy atom. The Morgan fingerprint density at radius 3 is 2.85 bits per heavy atom. The first-order valence-corrected chi connectivity index (χ1v) is 6.46. The Morgan fingerprint density at radius 2 is 2.05 bits per heavy atom. The highest BCUT2D eigenvalue weighted by Crippen LogP contribution is 2.27. The minimum atomic E-state index is 0.537. The van der Waals surface area contributed by atoms with Crippen LogP contribution in [0, 0.1) is 0 Å². The predicted octanol–water partition coefficient (Wildman–Crippen LogP) is 4.10. The number of rotatable bonds is 3. The van der Waals surface area contributed by atoms with Crippen LogP contribution in [-0.4, -0.2) is 14.7 Å². The molecule has 4 nitrogen and oxygen atoms in total. The van der Waals surface area contributed by atoms with E-state index in [-0.39, 0.29) is 0 Å². The van der Waals surface area contributed by atoms with Gasteiger partial charge in [0.1, 0.15) is 5.75 Å². The summed E-state index contributed by atoms with van der Waals surface area (Å²) in [6.45, 7) is 0. The zero-order valence-electron chi connectivity index (χ0n) is 10.8. The number of aromatic nitrogens is 2. The summed E-state index contributed by atoms with van der Waals surface area (Å²) in [6.07, 6.45) is 0. The Labute approximate surface area is 121 Å². The van der Waals surface area contributed by atoms with Crippen LogP contribution in [-0.2, 0) is 7.05 Å². The van der Waals surface area contributed by atoms with Crippen LogP contribution < -0.4 is 4.74 Å². The third-order valence-electron chi connectivity index (χ3n) is 2.95. The average molecular weight is 281 g/mol. The van der Waals surface area contributed by atoms with E-state index in [0.29, 0.717) is 17.4 Å². The van der Waals surface area contributed by atoms with Crippen LogP contribution in [0.2, 0.25) is 0 Å². The van der Waals surface area contributed by atoms with Gasteiger partial charge in [0.25, 0.3) is 0 Å². The first kappa shape index (κ1) is 12.5. The number of hydrogen-bond donors (Lipinski definition) is 0. The lowest BCUT2D eigenvalue weighted by molar-refractivity contribution is 0.428. The molecule has 1 heterocycles. The van der Waals surface area contributed by atoms with Crippen LogP contribution >= 0.6 is 12.2 Å². The number of para-hydroxylation sites is 2. The Bertz CT molecular complexity index is 819. The highest BCUT2D eigenvalue weighted by molar-refractivity contribution is 7.78. The lowest BCUT2D eigenvalue weighted by Crippen LogP contribution is -1.94. The van der Waals surface area contributed by atoms with Gasteiger partial charge in [-0.25, -0.2) is 0 Å². The summed E-state index contributed by atoms with van der Waals surface area (Å²) in [5.74, 6) is 0.662. The molecule has 20 heavy (non-hydrogen) atoms. The van der Waals surface area contributed by atoms with Crippen LogP contribution in [0.1, 0.15) is 0 Å². The molecule has 0 saturated heterocycles. The van der Waals surface area contributed by atoms with E-state index in [9.17, 15) is 0 Å². The lowest BCUT2D eigenvalue weighted by Gasteiger charge is -2.05. The highest BCUT2D eigenvalue weighted by atomic mass is 32.1. The maximum atomic E-state index is 5.81. The first-order valence-electron chi connectivity index (χ1n) is 6.05. The molecule has 0 aliphatic rings. The predicted molar refractivity (Wildman–Crippen MR) is 81.9 cm³/mol. The maximum Gasteiger partial charge on any atom is 0.302 e. The second-order valence-corrected chi connectivity index (χ2v) is 4.43. The van der Waals surface area contributed by atoms with Crippen molar-refractivity contribution in [3.05, 3.63) is 48.5 Å². The number of benzene rings is 2. The van der Waals surface area contributed by atoms with E-state index in [2.05, 4.69) is 27.4 Å². The van der Waals surface area contributed by atoms with Crippen molar-refractivity contribution in [1.29, 1.82) is 0 Å². The number of imidazole rings is 1. The number of isothiocyanates is 1. The summed E-state index contributed by atoms with van der Waals surface area (Å²) >= 11 is 4.60. The fourth-order valence-electron chi connectivity index (χ4n) is 1.99. The first-order chi connectivity index (χ1) is 9.78. The molecule has 98 valence electrons. The van der Waals surface area contributed by atoms with E-state index in [1.807, 2.05) is 54.1 Å². The molecule has 0 spiro atoms. The molecular formula is C15H11N3OS. The van der Waals surface area contributed by atoms with Crippen molar-refractivity contribution < 1.29 is 4.74 Å². The minimum Gasteiger partial charge on any atom is -0.425 e. The van der Waals surface area contributed by atoms with Crippen LogP contribution in [0.15, 0.2) is 53.5 Å². The van der Waals surface area contributed by atoms with Gasteiger partial charge in [0.2, 0.25) is 0 Å². The topological polar surface area (TPSA) is 39.4 Å². The Balaban J connectivity index is 1.98. The fraction of sp³-hybridized carbons (Fsp3) is 0.0667. The van der Waals surface area contributed by atoms with E-state index < -0.39 is 0 Å². The van der Waals surface area contributed by atoms with Gasteiger partial charge < -0.3 is 4.74 Å². The van der Waals surface area contributed by atoms with E-state index in [4.69, 9.17) is 4.74 Å². The second kappa shape index (κ2) is 5.25. The van der Waals surface area contributed by atoms with Gasteiger partial charge in [0.15, 0.2) is 0 Å². The molecule has 0 bridgehead atoms. The molecule has 1 aromatic heterocycles. The normalized spacial score (nSPS) is 10.2. The summed E-state index contributed by atoms with van der Waals surface area (Å²) in [5.41, 5.74) is 2.63. The van der Waals surface area contributed by atoms with Crippen molar-refractivity contribution in [2.24, 2.45) is 12.0 Å². The van der Waals surface area contributed by atoms with Gasteiger partial charge in [0, 0.05) is 13.1 Å². The largest absolute Gasteiger partial charge is 0.425 e. The maximum absolute atomic E-state index is 5.81. The third-order valence-corrected chi connectivity index (χ3v) is 3.04. The summed E-state index contributed by atoms with van der Waals surface area (Å²) in [4.78, 5) is 8.39. The van der Waals surface area contributed by atoms with Crippen molar-refractivity contribution in [3.63, 3.8) is 0 Å². The fourth-order valence-corrected chi connectivity index (χ4v) is 2.09. The molecule has 3 rings (SSSR count). The highest BCUT2D eigenvalue weighted by Gasteiger charge is 2.09. The molecule has 3 aromatic rings. The van der Waals surface area contributed by atoms with Crippen LogP contribution in [0.3, 0.4) is 0 Å². The lowest BCUT2D eigenvalue weighted by atomic mass is 10.3. The quantitative estimate of drug-likeness (QED) is 0.536. The van der Waals surface area contributed by atoms with Gasteiger partial charge >= 0.3 is 6.01 Å². The van der Waals surface area contributed by atoms with Crippen LogP contribution in [0.5, 0.6) is 11.8 Å². The van der Waals surface area contributed by atoms with Gasteiger partial charge in [-0.05, 0) is 36.5 Å². The van der Waals surface area contributed by atoms with Gasteiger partial charge in [0.05, 0.1) is 21.9 Å². The number of nitrogens with zero attached hydrogens (tertiary/aromatic N) is 3. The summed E-state index contributed by atoms with van der Waals surface area (Å²) in [7, 11) is 1.92. The molecule has 0 atom stereocenters. The van der Waals surface area contributed by atoms with Crippen molar-refractivity contribution in [1.82, 2.24) is 9.55 Å². The molecule has 0 N–H and O–H groups in total. The van der Waals surface area contributed by atoms with Crippen molar-refractivity contribution in [3.8, 4) is 11.8 Å².